The van der Waals surface area contributed by atoms with E-state index in [2.05, 4.69) is 25.4 Å². The van der Waals surface area contributed by atoms with E-state index in [9.17, 15) is 4.79 Å². The number of nitrogens with one attached hydrogen (secondary N) is 2. The maximum Gasteiger partial charge on any atom is 0.222 e. The summed E-state index contributed by atoms with van der Waals surface area (Å²) in [4.78, 5) is 20.6. The summed E-state index contributed by atoms with van der Waals surface area (Å²) in [5.41, 5.74) is 0. The molecule has 1 aliphatic heterocycles. The lowest BCUT2D eigenvalue weighted by molar-refractivity contribution is -0.123. The van der Waals surface area contributed by atoms with Gasteiger partial charge in [0.25, 0.3) is 0 Å². The largest absolute Gasteiger partial charge is 0.492 e. The third-order valence-corrected chi connectivity index (χ3v) is 4.53. The highest BCUT2D eigenvalue weighted by molar-refractivity contribution is 5.80. The molecule has 1 amide bonds. The second-order valence-corrected chi connectivity index (χ2v) is 6.91. The minimum absolute atomic E-state index is 0.0169. The molecule has 150 valence electrons. The van der Waals surface area contributed by atoms with Crippen LogP contribution in [0, 0.1) is 5.92 Å². The van der Waals surface area contributed by atoms with Gasteiger partial charge < -0.3 is 20.3 Å². The number of nitrogens with zero attached hydrogens (tertiary/aromatic N) is 3. The van der Waals surface area contributed by atoms with Gasteiger partial charge in [0.15, 0.2) is 5.96 Å². The molecule has 7 heteroatoms. The van der Waals surface area contributed by atoms with Gasteiger partial charge in [0, 0.05) is 58.8 Å². The molecule has 0 aromatic heterocycles. The van der Waals surface area contributed by atoms with E-state index in [0.29, 0.717) is 19.7 Å². The number of piperazine rings is 1. The van der Waals surface area contributed by atoms with E-state index in [1.807, 2.05) is 44.2 Å². The van der Waals surface area contributed by atoms with Gasteiger partial charge in [-0.3, -0.25) is 14.7 Å². The van der Waals surface area contributed by atoms with Gasteiger partial charge in [-0.2, -0.15) is 0 Å². The number of guanidine groups is 1. The van der Waals surface area contributed by atoms with Crippen LogP contribution in [-0.2, 0) is 4.79 Å². The quantitative estimate of drug-likeness (QED) is 0.404. The van der Waals surface area contributed by atoms with Crippen LogP contribution in [0.4, 0.5) is 0 Å². The number of benzene rings is 1. The SMILES string of the molecule is CN=C(NCCNC(=O)C(C)C)N1CCN(CCOc2ccccc2)CC1. The van der Waals surface area contributed by atoms with Gasteiger partial charge in [0.2, 0.25) is 5.91 Å². The van der Waals surface area contributed by atoms with Crippen molar-refractivity contribution in [3.63, 3.8) is 0 Å². The highest BCUT2D eigenvalue weighted by atomic mass is 16.5. The average molecular weight is 376 g/mol. The molecule has 1 fully saturated rings. The minimum Gasteiger partial charge on any atom is -0.492 e. The summed E-state index contributed by atoms with van der Waals surface area (Å²) >= 11 is 0. The Morgan fingerprint density at radius 3 is 2.41 bits per heavy atom. The van der Waals surface area contributed by atoms with Crippen molar-refractivity contribution < 1.29 is 9.53 Å². The van der Waals surface area contributed by atoms with Crippen LogP contribution in [0.1, 0.15) is 13.8 Å². The first-order chi connectivity index (χ1) is 13.1. The van der Waals surface area contributed by atoms with Crippen molar-refractivity contribution in [3.05, 3.63) is 30.3 Å². The zero-order valence-corrected chi connectivity index (χ0v) is 16.8. The van der Waals surface area contributed by atoms with E-state index in [4.69, 9.17) is 4.74 Å². The molecule has 1 heterocycles. The van der Waals surface area contributed by atoms with Gasteiger partial charge in [-0.1, -0.05) is 32.0 Å². The molecule has 0 atom stereocenters. The minimum atomic E-state index is 0.0169. The van der Waals surface area contributed by atoms with Crippen molar-refractivity contribution in [3.8, 4) is 5.75 Å². The van der Waals surface area contributed by atoms with E-state index in [0.717, 1.165) is 44.4 Å². The average Bonchev–Trinajstić information content (AvgIpc) is 2.69. The number of hydrogen-bond donors (Lipinski definition) is 2. The Hall–Kier alpha value is -2.28. The molecule has 0 unspecified atom stereocenters. The lowest BCUT2D eigenvalue weighted by atomic mass is 10.2. The third kappa shape index (κ3) is 7.46. The van der Waals surface area contributed by atoms with E-state index >= 15 is 0 Å². The molecule has 2 N–H and O–H groups in total. The number of rotatable bonds is 8. The van der Waals surface area contributed by atoms with E-state index in [1.54, 1.807) is 7.05 Å². The molecule has 1 aromatic carbocycles. The first kappa shape index (κ1) is 21.0. The third-order valence-electron chi connectivity index (χ3n) is 4.53. The number of ether oxygens (including phenoxy) is 1. The van der Waals surface area contributed by atoms with Crippen molar-refractivity contribution in [1.82, 2.24) is 20.4 Å². The van der Waals surface area contributed by atoms with Crippen LogP contribution < -0.4 is 15.4 Å². The van der Waals surface area contributed by atoms with Crippen LogP contribution in [0.3, 0.4) is 0 Å². The molecule has 0 radical (unpaired) electrons. The predicted molar refractivity (Wildman–Crippen MR) is 109 cm³/mol. The van der Waals surface area contributed by atoms with Gasteiger partial charge in [-0.25, -0.2) is 0 Å². The normalized spacial score (nSPS) is 15.7. The van der Waals surface area contributed by atoms with E-state index in [-0.39, 0.29) is 11.8 Å². The Morgan fingerprint density at radius 2 is 1.78 bits per heavy atom. The monoisotopic (exact) mass is 375 g/mol. The highest BCUT2D eigenvalue weighted by Gasteiger charge is 2.19. The summed E-state index contributed by atoms with van der Waals surface area (Å²) in [5.74, 6) is 1.92. The smallest absolute Gasteiger partial charge is 0.222 e. The van der Waals surface area contributed by atoms with Crippen LogP contribution in [0.15, 0.2) is 35.3 Å². The number of para-hydroxylation sites is 1. The van der Waals surface area contributed by atoms with Crippen molar-refractivity contribution in [1.29, 1.82) is 0 Å². The highest BCUT2D eigenvalue weighted by Crippen LogP contribution is 2.08. The summed E-state index contributed by atoms with van der Waals surface area (Å²) in [6, 6.07) is 9.93. The Balaban J connectivity index is 1.62. The molecule has 1 aliphatic rings. The Kier molecular flexibility index (Phi) is 8.91. The van der Waals surface area contributed by atoms with Gasteiger partial charge in [0.05, 0.1) is 0 Å². The summed E-state index contributed by atoms with van der Waals surface area (Å²) in [6.45, 7) is 10.5. The molecule has 7 nitrogen and oxygen atoms in total. The Labute approximate surface area is 162 Å². The van der Waals surface area contributed by atoms with Crippen LogP contribution in [0.5, 0.6) is 5.75 Å². The molecule has 1 aromatic rings. The zero-order chi connectivity index (χ0) is 19.5. The molecule has 27 heavy (non-hydrogen) atoms. The summed E-state index contributed by atoms with van der Waals surface area (Å²) in [6.07, 6.45) is 0. The van der Waals surface area contributed by atoms with Gasteiger partial charge in [-0.15, -0.1) is 0 Å². The summed E-state index contributed by atoms with van der Waals surface area (Å²) in [5, 5.41) is 6.24. The van der Waals surface area contributed by atoms with Crippen molar-refractivity contribution >= 4 is 11.9 Å². The second kappa shape index (κ2) is 11.4. The van der Waals surface area contributed by atoms with Crippen molar-refractivity contribution in [2.75, 3.05) is 59.5 Å². The van der Waals surface area contributed by atoms with E-state index < -0.39 is 0 Å². The van der Waals surface area contributed by atoms with Crippen molar-refractivity contribution in [2.24, 2.45) is 10.9 Å². The second-order valence-electron chi connectivity index (χ2n) is 6.91. The lowest BCUT2D eigenvalue weighted by Crippen LogP contribution is -2.53. The topological polar surface area (TPSA) is 69.2 Å². The molecule has 2 rings (SSSR count). The first-order valence-electron chi connectivity index (χ1n) is 9.73. The molecule has 0 spiro atoms. The Bertz CT molecular complexity index is 583. The van der Waals surface area contributed by atoms with E-state index in [1.165, 1.54) is 0 Å². The Morgan fingerprint density at radius 1 is 1.11 bits per heavy atom. The van der Waals surface area contributed by atoms with Crippen LogP contribution >= 0.6 is 0 Å². The standard InChI is InChI=1S/C20H33N5O2/c1-17(2)19(26)22-9-10-23-20(21-3)25-13-11-24(12-14-25)15-16-27-18-7-5-4-6-8-18/h4-8,17H,9-16H2,1-3H3,(H,21,23)(H,22,26). The van der Waals surface area contributed by atoms with Crippen molar-refractivity contribution in [2.45, 2.75) is 13.8 Å². The maximum atomic E-state index is 11.6. The molecular formula is C20H33N5O2. The summed E-state index contributed by atoms with van der Waals surface area (Å²) < 4.78 is 5.78. The first-order valence-corrected chi connectivity index (χ1v) is 9.73. The lowest BCUT2D eigenvalue weighted by Gasteiger charge is -2.36. The van der Waals surface area contributed by atoms with Gasteiger partial charge in [0.1, 0.15) is 12.4 Å². The fraction of sp³-hybridized carbons (Fsp3) is 0.600. The number of aliphatic imine (C=N–C) groups is 1. The van der Waals surface area contributed by atoms with Crippen LogP contribution in [0.2, 0.25) is 0 Å². The number of carbonyl (C=O) groups excluding carboxylic acids is 1. The fourth-order valence-corrected chi connectivity index (χ4v) is 2.89. The fourth-order valence-electron chi connectivity index (χ4n) is 2.89. The molecular weight excluding hydrogens is 342 g/mol. The molecule has 0 saturated carbocycles. The molecule has 0 aliphatic carbocycles. The van der Waals surface area contributed by atoms with Crippen LogP contribution in [0.25, 0.3) is 0 Å². The zero-order valence-electron chi connectivity index (χ0n) is 16.8. The molecule has 0 bridgehead atoms. The molecule has 1 saturated heterocycles. The number of amides is 1. The van der Waals surface area contributed by atoms with Crippen LogP contribution in [-0.4, -0.2) is 81.1 Å². The maximum absolute atomic E-state index is 11.6. The number of hydrogen-bond acceptors (Lipinski definition) is 4. The van der Waals surface area contributed by atoms with Gasteiger partial charge in [-0.05, 0) is 12.1 Å². The predicted octanol–water partition coefficient (Wildman–Crippen LogP) is 1.03. The number of carbonyl (C=O) groups is 1. The van der Waals surface area contributed by atoms with Gasteiger partial charge >= 0.3 is 0 Å². The summed E-state index contributed by atoms with van der Waals surface area (Å²) in [7, 11) is 1.80.